The molecule has 1 N–H and O–H groups in total. The van der Waals surface area contributed by atoms with Crippen LogP contribution in [0.2, 0.25) is 0 Å². The molecule has 6 fully saturated rings. The highest BCUT2D eigenvalue weighted by atomic mass is 17.4. The topological polar surface area (TPSA) is 127 Å². The summed E-state index contributed by atoms with van der Waals surface area (Å²) in [5.74, 6) is -2.03. The third-order valence-electron chi connectivity index (χ3n) is 14.6. The van der Waals surface area contributed by atoms with Gasteiger partial charge in [-0.05, 0) is 97.9 Å². The lowest BCUT2D eigenvalue weighted by Gasteiger charge is -2.65. The second-order valence-electron chi connectivity index (χ2n) is 17.2. The molecular formula is C40H56O10. The Morgan fingerprint density at radius 2 is 1.50 bits per heavy atom. The molecule has 50 heavy (non-hydrogen) atoms. The van der Waals surface area contributed by atoms with E-state index in [9.17, 15) is 19.5 Å². The van der Waals surface area contributed by atoms with Crippen LogP contribution in [0.5, 0.6) is 0 Å². The molecule has 5 unspecified atom stereocenters. The van der Waals surface area contributed by atoms with Gasteiger partial charge < -0.3 is 14.6 Å². The van der Waals surface area contributed by atoms with Crippen molar-refractivity contribution in [2.45, 2.75) is 148 Å². The molecule has 0 amide bonds. The molecule has 5 saturated carbocycles. The maximum atomic E-state index is 12.7. The number of aliphatic carboxylic acids is 1. The van der Waals surface area contributed by atoms with Crippen molar-refractivity contribution >= 4 is 17.9 Å². The number of benzene rings is 1. The molecule has 0 aromatic heterocycles. The lowest BCUT2D eigenvalue weighted by atomic mass is 9.42. The standard InChI is InChI=1S/C40H56O10/c1-24(11-14-35(43)44)30-12-13-31-36-32(22-34(38(30,31)5)46-26(3)42)37(4)19-20-40(23-29(37)21-33(36)45-25(2)41)49-47-39(48-50-40)17-15-28(16-18-39)27-9-7-6-8-10-27/h6-10,24,28-34,36H,11-23H2,1-5H3,(H,43,44)/t24?,28?,29-,30?,31?,32?,33-,34+,36?,37+,38-,39?,40?/m1/s1. The smallest absolute Gasteiger partial charge is 0.303 e. The lowest BCUT2D eigenvalue weighted by molar-refractivity contribution is -0.665. The summed E-state index contributed by atoms with van der Waals surface area (Å²) in [5, 5.41) is 9.44. The molecule has 10 heteroatoms. The number of carboxylic acids is 1. The van der Waals surface area contributed by atoms with Gasteiger partial charge in [-0.3, -0.25) is 14.4 Å². The van der Waals surface area contributed by atoms with E-state index in [0.717, 1.165) is 32.1 Å². The van der Waals surface area contributed by atoms with Crippen LogP contribution in [0.25, 0.3) is 0 Å². The summed E-state index contributed by atoms with van der Waals surface area (Å²) in [6, 6.07) is 10.6. The van der Waals surface area contributed by atoms with Gasteiger partial charge in [0.15, 0.2) is 0 Å². The van der Waals surface area contributed by atoms with E-state index in [1.807, 2.05) is 6.07 Å². The van der Waals surface area contributed by atoms with E-state index >= 15 is 0 Å². The first-order chi connectivity index (χ1) is 23.8. The fourth-order valence-corrected chi connectivity index (χ4v) is 12.1. The van der Waals surface area contributed by atoms with Gasteiger partial charge in [-0.15, -0.1) is 0 Å². The molecule has 1 heterocycles. The van der Waals surface area contributed by atoms with Crippen molar-refractivity contribution in [3.05, 3.63) is 35.9 Å². The Balaban J connectivity index is 1.10. The minimum Gasteiger partial charge on any atom is -0.481 e. The van der Waals surface area contributed by atoms with Crippen molar-refractivity contribution in [1.29, 1.82) is 0 Å². The van der Waals surface area contributed by atoms with Crippen LogP contribution in [-0.4, -0.2) is 46.8 Å². The summed E-state index contributed by atoms with van der Waals surface area (Å²) in [6.45, 7) is 9.74. The highest BCUT2D eigenvalue weighted by Gasteiger charge is 2.69. The maximum Gasteiger partial charge on any atom is 0.303 e. The number of esters is 2. The van der Waals surface area contributed by atoms with Crippen molar-refractivity contribution in [2.24, 2.45) is 46.3 Å². The van der Waals surface area contributed by atoms with Gasteiger partial charge in [0.2, 0.25) is 11.6 Å². The first-order valence-electron chi connectivity index (χ1n) is 19.1. The largest absolute Gasteiger partial charge is 0.481 e. The number of carbonyl (C=O) groups excluding carboxylic acids is 2. The Kier molecular flexibility index (Phi) is 9.66. The normalized spacial score (nSPS) is 44.4. The highest BCUT2D eigenvalue weighted by molar-refractivity contribution is 5.67. The Hall–Kier alpha value is -2.53. The minimum atomic E-state index is -1.05. The van der Waals surface area contributed by atoms with Crippen LogP contribution in [0.4, 0.5) is 0 Å². The van der Waals surface area contributed by atoms with Crippen LogP contribution in [0.15, 0.2) is 30.3 Å². The van der Waals surface area contributed by atoms with Crippen molar-refractivity contribution in [1.82, 2.24) is 0 Å². The van der Waals surface area contributed by atoms with E-state index in [0.29, 0.717) is 50.9 Å². The van der Waals surface area contributed by atoms with E-state index in [1.165, 1.54) is 19.4 Å². The van der Waals surface area contributed by atoms with Gasteiger partial charge >= 0.3 is 17.9 Å². The van der Waals surface area contributed by atoms with Gasteiger partial charge in [0.1, 0.15) is 12.2 Å². The molecule has 276 valence electrons. The molecule has 10 atom stereocenters. The predicted molar refractivity (Wildman–Crippen MR) is 181 cm³/mol. The highest BCUT2D eigenvalue weighted by Crippen LogP contribution is 2.70. The average Bonchev–Trinajstić information content (AvgIpc) is 3.45. The summed E-state index contributed by atoms with van der Waals surface area (Å²) < 4.78 is 12.5. The van der Waals surface area contributed by atoms with E-state index in [-0.39, 0.29) is 76.9 Å². The fraction of sp³-hybridized carbons (Fsp3) is 0.775. The second-order valence-corrected chi connectivity index (χ2v) is 17.2. The van der Waals surface area contributed by atoms with Gasteiger partial charge in [0.25, 0.3) is 0 Å². The molecule has 1 aliphatic heterocycles. The second kappa shape index (κ2) is 13.5. The number of carbonyl (C=O) groups is 3. The molecule has 1 saturated heterocycles. The zero-order valence-electron chi connectivity index (χ0n) is 30.4. The SMILES string of the molecule is CC(=O)O[C@H]1CC2C(C3CCC(C(C)CCC(=O)O)[C@]31C)[C@H](OC(C)=O)C[C@@H]1CC3(CC[C@]21C)OOC1(CCC(c2ccccc2)CC1)OO3. The molecular weight excluding hydrogens is 640 g/mol. The monoisotopic (exact) mass is 696 g/mol. The van der Waals surface area contributed by atoms with Crippen LogP contribution < -0.4 is 0 Å². The van der Waals surface area contributed by atoms with Gasteiger partial charge in [-0.1, -0.05) is 51.1 Å². The molecule has 6 aliphatic rings. The zero-order valence-corrected chi connectivity index (χ0v) is 30.4. The molecule has 0 bridgehead atoms. The van der Waals surface area contributed by atoms with Crippen LogP contribution >= 0.6 is 0 Å². The quantitative estimate of drug-likeness (QED) is 0.222. The van der Waals surface area contributed by atoms with Crippen LogP contribution in [-0.2, 0) is 43.4 Å². The van der Waals surface area contributed by atoms with Crippen LogP contribution in [0, 0.1) is 46.3 Å². The number of fused-ring (bicyclic) bond motifs is 5. The van der Waals surface area contributed by atoms with Gasteiger partial charge in [0.05, 0.1) is 0 Å². The number of rotatable bonds is 7. The van der Waals surface area contributed by atoms with Crippen LogP contribution in [0.1, 0.15) is 130 Å². The summed E-state index contributed by atoms with van der Waals surface area (Å²) in [5.41, 5.74) is 0.836. The number of hydrogen-bond acceptors (Lipinski definition) is 9. The Morgan fingerprint density at radius 1 is 0.840 bits per heavy atom. The summed E-state index contributed by atoms with van der Waals surface area (Å²) in [4.78, 5) is 61.7. The Morgan fingerprint density at radius 3 is 2.14 bits per heavy atom. The number of ether oxygens (including phenoxy) is 2. The zero-order chi connectivity index (χ0) is 35.5. The molecule has 2 spiro atoms. The third-order valence-corrected chi connectivity index (χ3v) is 14.6. The maximum absolute atomic E-state index is 12.7. The molecule has 10 nitrogen and oxygen atoms in total. The van der Waals surface area contributed by atoms with Crippen molar-refractivity contribution in [2.75, 3.05) is 0 Å². The molecule has 7 rings (SSSR count). The van der Waals surface area contributed by atoms with Gasteiger partial charge in [-0.2, -0.15) is 19.6 Å². The lowest BCUT2D eigenvalue weighted by Crippen LogP contribution is -2.65. The molecule has 5 aliphatic carbocycles. The summed E-state index contributed by atoms with van der Waals surface area (Å²) in [6.07, 6.45) is 8.44. The van der Waals surface area contributed by atoms with Crippen molar-refractivity contribution in [3.63, 3.8) is 0 Å². The van der Waals surface area contributed by atoms with Crippen molar-refractivity contribution in [3.8, 4) is 0 Å². The fourth-order valence-electron chi connectivity index (χ4n) is 12.1. The molecule has 1 aromatic carbocycles. The van der Waals surface area contributed by atoms with Gasteiger partial charge in [0, 0.05) is 57.3 Å². The van der Waals surface area contributed by atoms with E-state index in [1.54, 1.807) is 0 Å². The molecule has 0 radical (unpaired) electrons. The van der Waals surface area contributed by atoms with Crippen molar-refractivity contribution < 1.29 is 48.5 Å². The van der Waals surface area contributed by atoms with E-state index in [2.05, 4.69) is 45.0 Å². The number of hydrogen-bond donors (Lipinski definition) is 1. The Labute approximate surface area is 296 Å². The molecule has 1 aromatic rings. The minimum absolute atomic E-state index is 0.0888. The Bertz CT molecular complexity index is 1410. The van der Waals surface area contributed by atoms with Crippen LogP contribution in [0.3, 0.4) is 0 Å². The first kappa shape index (κ1) is 35.9. The van der Waals surface area contributed by atoms with E-state index < -0.39 is 17.5 Å². The summed E-state index contributed by atoms with van der Waals surface area (Å²) >= 11 is 0. The average molecular weight is 697 g/mol. The van der Waals surface area contributed by atoms with Gasteiger partial charge in [-0.25, -0.2) is 0 Å². The van der Waals surface area contributed by atoms with E-state index in [4.69, 9.17) is 29.0 Å². The third kappa shape index (κ3) is 6.30. The predicted octanol–water partition coefficient (Wildman–Crippen LogP) is 7.89. The summed E-state index contributed by atoms with van der Waals surface area (Å²) in [7, 11) is 0. The first-order valence-corrected chi connectivity index (χ1v) is 19.1. The number of carboxylic acid groups (broad SMARTS) is 1.